The molecule has 0 fully saturated rings. The third-order valence-corrected chi connectivity index (χ3v) is 7.79. The molecule has 1 unspecified atom stereocenters. The van der Waals surface area contributed by atoms with Gasteiger partial charge >= 0.3 is 7.12 Å². The van der Waals surface area contributed by atoms with Crippen molar-refractivity contribution >= 4 is 45.7 Å². The van der Waals surface area contributed by atoms with E-state index in [2.05, 4.69) is 28.0 Å². The van der Waals surface area contributed by atoms with Gasteiger partial charge in [-0.1, -0.05) is 12.1 Å². The summed E-state index contributed by atoms with van der Waals surface area (Å²) in [4.78, 5) is 10.8. The molecule has 3 aliphatic rings. The van der Waals surface area contributed by atoms with Gasteiger partial charge in [0.15, 0.2) is 5.82 Å². The van der Waals surface area contributed by atoms with Crippen LogP contribution in [0.25, 0.3) is 10.2 Å². The van der Waals surface area contributed by atoms with Gasteiger partial charge in [0.1, 0.15) is 6.33 Å². The van der Waals surface area contributed by atoms with Crippen LogP contribution in [0.2, 0.25) is 0 Å². The van der Waals surface area contributed by atoms with E-state index in [9.17, 15) is 5.02 Å². The lowest BCUT2D eigenvalue weighted by atomic mass is 9.79. The zero-order valence-electron chi connectivity index (χ0n) is 17.0. The number of benzene rings is 1. The van der Waals surface area contributed by atoms with Crippen molar-refractivity contribution in [3.8, 4) is 0 Å². The highest BCUT2D eigenvalue weighted by molar-refractivity contribution is 7.19. The van der Waals surface area contributed by atoms with Gasteiger partial charge < -0.3 is 9.68 Å². The number of thiophene rings is 1. The fourth-order valence-electron chi connectivity index (χ4n) is 4.81. The van der Waals surface area contributed by atoms with Crippen molar-refractivity contribution in [1.29, 1.82) is 0 Å². The van der Waals surface area contributed by atoms with Crippen molar-refractivity contribution in [3.05, 3.63) is 46.1 Å². The Bertz CT molecular complexity index is 1180. The summed E-state index contributed by atoms with van der Waals surface area (Å²) in [6.07, 6.45) is 8.44. The topological polar surface area (TPSA) is 70.8 Å². The molecule has 8 heteroatoms. The molecule has 1 N–H and O–H groups in total. The minimum atomic E-state index is -0.807. The second-order valence-electron chi connectivity index (χ2n) is 8.44. The number of hydrazone groups is 1. The number of anilines is 1. The summed E-state index contributed by atoms with van der Waals surface area (Å²) < 4.78 is 6.52. The fraction of sp³-hybridized carbons (Fsp3) is 0.409. The van der Waals surface area contributed by atoms with Crippen molar-refractivity contribution in [1.82, 2.24) is 9.97 Å². The van der Waals surface area contributed by atoms with E-state index in [1.807, 2.05) is 23.5 Å². The number of fused-ring (bicyclic) bond motifs is 4. The zero-order chi connectivity index (χ0) is 20.2. The molecule has 6 nitrogen and oxygen atoms in total. The summed E-state index contributed by atoms with van der Waals surface area (Å²) >= 11 is 1.86. The normalized spacial score (nSPS) is 21.0. The maximum atomic E-state index is 9.90. The molecule has 3 aromatic rings. The van der Waals surface area contributed by atoms with Crippen molar-refractivity contribution in [2.24, 2.45) is 5.10 Å². The van der Waals surface area contributed by atoms with E-state index in [4.69, 9.17) is 9.76 Å². The van der Waals surface area contributed by atoms with Gasteiger partial charge in [0, 0.05) is 4.88 Å². The molecule has 2 aliphatic heterocycles. The van der Waals surface area contributed by atoms with Gasteiger partial charge in [-0.2, -0.15) is 5.10 Å². The molecule has 1 aromatic carbocycles. The van der Waals surface area contributed by atoms with Crippen molar-refractivity contribution in [2.75, 3.05) is 5.01 Å². The van der Waals surface area contributed by atoms with Crippen LogP contribution in [0.15, 0.2) is 29.6 Å². The predicted octanol–water partition coefficient (Wildman–Crippen LogP) is 3.18. The lowest BCUT2D eigenvalue weighted by Gasteiger charge is -2.31. The van der Waals surface area contributed by atoms with Gasteiger partial charge in [-0.15, -0.1) is 11.3 Å². The summed E-state index contributed by atoms with van der Waals surface area (Å²) in [6.45, 7) is 2.67. The second-order valence-corrected chi connectivity index (χ2v) is 9.55. The molecule has 0 bridgehead atoms. The fourth-order valence-corrected chi connectivity index (χ4v) is 6.14. The Kier molecular flexibility index (Phi) is 4.40. The molecule has 6 rings (SSSR count). The molecule has 1 atom stereocenters. The molecule has 2 aromatic heterocycles. The Morgan fingerprint density at radius 1 is 1.20 bits per heavy atom. The summed E-state index contributed by atoms with van der Waals surface area (Å²) in [5.41, 5.74) is 6.61. The molecular formula is C22H23BN4O2S. The van der Waals surface area contributed by atoms with Gasteiger partial charge in [0.25, 0.3) is 0 Å². The summed E-state index contributed by atoms with van der Waals surface area (Å²) in [6, 6.07) is 6.40. The van der Waals surface area contributed by atoms with Crippen LogP contribution in [0.5, 0.6) is 0 Å². The minimum Gasteiger partial charge on any atom is -0.423 e. The van der Waals surface area contributed by atoms with Crippen LogP contribution in [0.4, 0.5) is 5.82 Å². The lowest BCUT2D eigenvalue weighted by molar-refractivity contribution is 0.275. The van der Waals surface area contributed by atoms with Crippen LogP contribution in [0, 0.1) is 0 Å². The van der Waals surface area contributed by atoms with E-state index < -0.39 is 7.12 Å². The number of rotatable bonds is 2. The molecule has 0 spiro atoms. The first-order valence-corrected chi connectivity index (χ1v) is 11.6. The Labute approximate surface area is 179 Å². The SMILES string of the molecule is CC1CCC(c2ccc3c(c2)COB3O)=NN1c1ncnc2c3c(sc12)CCCC3. The van der Waals surface area contributed by atoms with E-state index in [1.165, 1.54) is 28.0 Å². The van der Waals surface area contributed by atoms with Crippen molar-refractivity contribution in [3.63, 3.8) is 0 Å². The van der Waals surface area contributed by atoms with E-state index in [0.717, 1.165) is 59.3 Å². The van der Waals surface area contributed by atoms with Crippen LogP contribution in [-0.4, -0.2) is 33.9 Å². The van der Waals surface area contributed by atoms with Crippen LogP contribution in [0.1, 0.15) is 54.2 Å². The third kappa shape index (κ3) is 2.89. The maximum absolute atomic E-state index is 9.90. The predicted molar refractivity (Wildman–Crippen MR) is 121 cm³/mol. The number of aryl methyl sites for hydroxylation is 2. The van der Waals surface area contributed by atoms with Crippen molar-refractivity contribution in [2.45, 2.75) is 58.1 Å². The first kappa shape index (κ1) is 18.5. The molecular weight excluding hydrogens is 395 g/mol. The van der Waals surface area contributed by atoms with Crippen LogP contribution >= 0.6 is 11.3 Å². The van der Waals surface area contributed by atoms with E-state index >= 15 is 0 Å². The quantitative estimate of drug-likeness (QED) is 0.648. The van der Waals surface area contributed by atoms with Crippen molar-refractivity contribution < 1.29 is 9.68 Å². The molecule has 0 saturated heterocycles. The Morgan fingerprint density at radius 2 is 2.10 bits per heavy atom. The number of aromatic nitrogens is 2. The zero-order valence-corrected chi connectivity index (χ0v) is 17.8. The second kappa shape index (κ2) is 7.15. The standard InChI is InChI=1S/C22H23BN4O2S/c1-13-6-9-18(14-7-8-17-15(10-14)11-29-23(17)28)26-27(13)22-21-20(24-12-25-22)16-4-2-3-5-19(16)30-21/h7-8,10,12-13,28H,2-6,9,11H2,1H3. The minimum absolute atomic E-state index is 0.283. The molecule has 0 radical (unpaired) electrons. The van der Waals surface area contributed by atoms with Crippen LogP contribution < -0.4 is 10.5 Å². The Hall–Kier alpha value is -2.29. The lowest BCUT2D eigenvalue weighted by Crippen LogP contribution is -2.35. The number of hydrogen-bond donors (Lipinski definition) is 1. The van der Waals surface area contributed by atoms with E-state index in [0.29, 0.717) is 6.61 Å². The van der Waals surface area contributed by atoms with Crippen LogP contribution in [-0.2, 0) is 24.1 Å². The Balaban J connectivity index is 1.43. The van der Waals surface area contributed by atoms with Gasteiger partial charge in [-0.25, -0.2) is 15.0 Å². The highest BCUT2D eigenvalue weighted by atomic mass is 32.1. The molecule has 0 saturated carbocycles. The average molecular weight is 418 g/mol. The van der Waals surface area contributed by atoms with Gasteiger partial charge in [-0.05, 0) is 73.7 Å². The molecule has 152 valence electrons. The van der Waals surface area contributed by atoms with E-state index in [-0.39, 0.29) is 6.04 Å². The smallest absolute Gasteiger partial charge is 0.423 e. The number of hydrogen-bond acceptors (Lipinski definition) is 7. The maximum Gasteiger partial charge on any atom is 0.491 e. The summed E-state index contributed by atoms with van der Waals surface area (Å²) in [5, 5.41) is 17.1. The molecule has 30 heavy (non-hydrogen) atoms. The molecule has 4 heterocycles. The largest absolute Gasteiger partial charge is 0.491 e. The third-order valence-electron chi connectivity index (χ3n) is 6.51. The highest BCUT2D eigenvalue weighted by Gasteiger charge is 2.30. The van der Waals surface area contributed by atoms with Crippen LogP contribution in [0.3, 0.4) is 0 Å². The highest BCUT2D eigenvalue weighted by Crippen LogP contribution is 2.40. The number of nitrogens with zero attached hydrogens (tertiary/aromatic N) is 4. The van der Waals surface area contributed by atoms with Gasteiger partial charge in [0.05, 0.1) is 28.6 Å². The average Bonchev–Trinajstić information content (AvgIpc) is 3.34. The first-order chi connectivity index (χ1) is 14.7. The molecule has 1 aliphatic carbocycles. The first-order valence-electron chi connectivity index (χ1n) is 10.7. The van der Waals surface area contributed by atoms with Gasteiger partial charge in [0.2, 0.25) is 0 Å². The monoisotopic (exact) mass is 418 g/mol. The van der Waals surface area contributed by atoms with Gasteiger partial charge in [-0.3, -0.25) is 0 Å². The molecule has 0 amide bonds. The summed E-state index contributed by atoms with van der Waals surface area (Å²) in [7, 11) is -0.807. The Morgan fingerprint density at radius 3 is 3.03 bits per heavy atom. The summed E-state index contributed by atoms with van der Waals surface area (Å²) in [5.74, 6) is 0.934. The van der Waals surface area contributed by atoms with E-state index in [1.54, 1.807) is 6.33 Å².